The topological polar surface area (TPSA) is 88.3 Å². The van der Waals surface area contributed by atoms with Crippen LogP contribution in [0.2, 0.25) is 0 Å². The average molecular weight is 405 g/mol. The third-order valence-electron chi connectivity index (χ3n) is 4.38. The smallest absolute Gasteiger partial charge is 0.239 e. The van der Waals surface area contributed by atoms with E-state index in [0.29, 0.717) is 44.1 Å². The van der Waals surface area contributed by atoms with Gasteiger partial charge in [0.25, 0.3) is 0 Å². The molecule has 1 aliphatic heterocycles. The van der Waals surface area contributed by atoms with Gasteiger partial charge in [0.1, 0.15) is 5.82 Å². The van der Waals surface area contributed by atoms with E-state index in [-0.39, 0.29) is 42.5 Å². The van der Waals surface area contributed by atoms with Gasteiger partial charge in [0.05, 0.1) is 6.04 Å². The molecule has 0 spiro atoms. The molecule has 2 heterocycles. The van der Waals surface area contributed by atoms with E-state index >= 15 is 0 Å². The normalized spacial score (nSPS) is 15.7. The minimum absolute atomic E-state index is 0. The molecular weight excluding hydrogens is 375 g/mol. The second-order valence-electron chi connectivity index (χ2n) is 7.05. The van der Waals surface area contributed by atoms with E-state index < -0.39 is 6.04 Å². The van der Waals surface area contributed by atoms with Gasteiger partial charge in [-0.05, 0) is 43.7 Å². The summed E-state index contributed by atoms with van der Waals surface area (Å²) in [5.41, 5.74) is 7.03. The fourth-order valence-corrected chi connectivity index (χ4v) is 2.98. The van der Waals surface area contributed by atoms with Crippen LogP contribution < -0.4 is 11.1 Å². The van der Waals surface area contributed by atoms with Crippen LogP contribution in [-0.2, 0) is 9.59 Å². The van der Waals surface area contributed by atoms with Crippen LogP contribution in [0.1, 0.15) is 38.7 Å². The highest BCUT2D eigenvalue weighted by atomic mass is 35.5. The van der Waals surface area contributed by atoms with Gasteiger partial charge in [0.15, 0.2) is 0 Å². The summed E-state index contributed by atoms with van der Waals surface area (Å²) >= 11 is 0. The molecule has 1 aromatic rings. The van der Waals surface area contributed by atoms with Gasteiger partial charge in [0, 0.05) is 25.2 Å². The lowest BCUT2D eigenvalue weighted by atomic mass is 9.94. The standard InChI is InChI=1S/C18H28N4O2.2ClH/c1-12(2)10-15(19)18(24)22-8-6-14(7-9-22)17(23)21-16-5-4-13(3)11-20-16;;/h4-5,11-12,14-15H,6-10,19H2,1-3H3,(H,20,21,23);2*1H/t15-;;/m0../s1. The molecule has 148 valence electrons. The number of rotatable bonds is 5. The van der Waals surface area contributed by atoms with Crippen molar-refractivity contribution >= 4 is 42.4 Å². The number of carbonyl (C=O) groups excluding carboxylic acids is 2. The van der Waals surface area contributed by atoms with Crippen LogP contribution >= 0.6 is 24.8 Å². The van der Waals surface area contributed by atoms with E-state index in [0.717, 1.165) is 5.56 Å². The van der Waals surface area contributed by atoms with Crippen LogP contribution in [0.15, 0.2) is 18.3 Å². The second-order valence-corrected chi connectivity index (χ2v) is 7.05. The number of anilines is 1. The Balaban J connectivity index is 0.00000312. The summed E-state index contributed by atoms with van der Waals surface area (Å²) in [4.78, 5) is 30.6. The van der Waals surface area contributed by atoms with E-state index in [9.17, 15) is 9.59 Å². The minimum Gasteiger partial charge on any atom is -0.341 e. The Morgan fingerprint density at radius 2 is 1.88 bits per heavy atom. The number of amides is 2. The van der Waals surface area contributed by atoms with Crippen LogP contribution in [0.25, 0.3) is 0 Å². The molecule has 1 aromatic heterocycles. The number of halogens is 2. The largest absolute Gasteiger partial charge is 0.341 e. The Kier molecular flexibility index (Phi) is 10.8. The highest BCUT2D eigenvalue weighted by Gasteiger charge is 2.29. The van der Waals surface area contributed by atoms with Crippen molar-refractivity contribution in [2.45, 2.75) is 46.1 Å². The molecule has 6 nitrogen and oxygen atoms in total. The number of nitrogens with one attached hydrogen (secondary N) is 1. The molecule has 1 atom stereocenters. The highest BCUT2D eigenvalue weighted by Crippen LogP contribution is 2.20. The molecule has 2 amide bonds. The summed E-state index contributed by atoms with van der Waals surface area (Å²) in [7, 11) is 0. The van der Waals surface area contributed by atoms with Gasteiger partial charge in [0.2, 0.25) is 11.8 Å². The molecule has 0 bridgehead atoms. The van der Waals surface area contributed by atoms with Crippen molar-refractivity contribution in [3.05, 3.63) is 23.9 Å². The zero-order valence-electron chi connectivity index (χ0n) is 15.6. The monoisotopic (exact) mass is 404 g/mol. The number of aromatic nitrogens is 1. The van der Waals surface area contributed by atoms with Gasteiger partial charge in [-0.2, -0.15) is 0 Å². The molecule has 0 radical (unpaired) electrons. The fourth-order valence-electron chi connectivity index (χ4n) is 2.98. The molecule has 1 fully saturated rings. The Morgan fingerprint density at radius 1 is 1.27 bits per heavy atom. The number of nitrogens with two attached hydrogens (primary N) is 1. The molecule has 1 saturated heterocycles. The lowest BCUT2D eigenvalue weighted by Crippen LogP contribution is -2.48. The van der Waals surface area contributed by atoms with Gasteiger partial charge in [-0.1, -0.05) is 19.9 Å². The molecule has 8 heteroatoms. The van der Waals surface area contributed by atoms with Crippen molar-refractivity contribution in [2.75, 3.05) is 18.4 Å². The van der Waals surface area contributed by atoms with Crippen LogP contribution in [0.5, 0.6) is 0 Å². The molecule has 1 aliphatic rings. The summed E-state index contributed by atoms with van der Waals surface area (Å²) in [5, 5.41) is 2.85. The molecular formula is C18H30Cl2N4O2. The Morgan fingerprint density at radius 3 is 2.38 bits per heavy atom. The van der Waals surface area contributed by atoms with E-state index in [1.54, 1.807) is 17.2 Å². The summed E-state index contributed by atoms with van der Waals surface area (Å²) in [6.07, 6.45) is 3.75. The number of piperidine rings is 1. The molecule has 0 unspecified atom stereocenters. The quantitative estimate of drug-likeness (QED) is 0.789. The zero-order valence-corrected chi connectivity index (χ0v) is 17.2. The van der Waals surface area contributed by atoms with Crippen molar-refractivity contribution in [1.29, 1.82) is 0 Å². The molecule has 2 rings (SSSR count). The van der Waals surface area contributed by atoms with Crippen LogP contribution in [0.4, 0.5) is 5.82 Å². The fraction of sp³-hybridized carbons (Fsp3) is 0.611. The van der Waals surface area contributed by atoms with E-state index in [1.165, 1.54) is 0 Å². The number of carbonyl (C=O) groups is 2. The minimum atomic E-state index is -0.438. The van der Waals surface area contributed by atoms with E-state index in [4.69, 9.17) is 5.73 Å². The van der Waals surface area contributed by atoms with Crippen molar-refractivity contribution < 1.29 is 9.59 Å². The van der Waals surface area contributed by atoms with Crippen LogP contribution in [0.3, 0.4) is 0 Å². The number of likely N-dealkylation sites (tertiary alicyclic amines) is 1. The summed E-state index contributed by atoms with van der Waals surface area (Å²) in [5.74, 6) is 0.864. The van der Waals surface area contributed by atoms with Crippen LogP contribution in [-0.4, -0.2) is 40.8 Å². The molecule has 26 heavy (non-hydrogen) atoms. The summed E-state index contributed by atoms with van der Waals surface area (Å²) < 4.78 is 0. The average Bonchev–Trinajstić information content (AvgIpc) is 2.55. The first-order chi connectivity index (χ1) is 11.4. The van der Waals surface area contributed by atoms with Crippen molar-refractivity contribution in [3.8, 4) is 0 Å². The summed E-state index contributed by atoms with van der Waals surface area (Å²) in [6, 6.07) is 3.28. The van der Waals surface area contributed by atoms with Gasteiger partial charge < -0.3 is 16.0 Å². The van der Waals surface area contributed by atoms with E-state index in [1.807, 2.05) is 13.0 Å². The zero-order chi connectivity index (χ0) is 17.7. The molecule has 0 aromatic carbocycles. The first kappa shape index (κ1) is 24.6. The van der Waals surface area contributed by atoms with Crippen LogP contribution in [0, 0.1) is 18.8 Å². The first-order valence-corrected chi connectivity index (χ1v) is 8.64. The van der Waals surface area contributed by atoms with Gasteiger partial charge in [-0.3, -0.25) is 9.59 Å². The predicted octanol–water partition coefficient (Wildman–Crippen LogP) is 2.78. The number of hydrogen-bond acceptors (Lipinski definition) is 4. The SMILES string of the molecule is Cc1ccc(NC(=O)C2CCN(C(=O)[C@@H](N)CC(C)C)CC2)nc1.Cl.Cl. The second kappa shape index (κ2) is 11.4. The van der Waals surface area contributed by atoms with Gasteiger partial charge in [-0.25, -0.2) is 4.98 Å². The van der Waals surface area contributed by atoms with Crippen molar-refractivity contribution in [2.24, 2.45) is 17.6 Å². The predicted molar refractivity (Wildman–Crippen MR) is 109 cm³/mol. The highest BCUT2D eigenvalue weighted by molar-refractivity contribution is 5.92. The Hall–Kier alpha value is -1.37. The Bertz CT molecular complexity index is 573. The Labute approximate surface area is 168 Å². The maximum absolute atomic E-state index is 12.3. The molecule has 0 saturated carbocycles. The van der Waals surface area contributed by atoms with Gasteiger partial charge in [-0.15, -0.1) is 24.8 Å². The van der Waals surface area contributed by atoms with E-state index in [2.05, 4.69) is 24.1 Å². The van der Waals surface area contributed by atoms with Crippen molar-refractivity contribution in [3.63, 3.8) is 0 Å². The lowest BCUT2D eigenvalue weighted by Gasteiger charge is -2.33. The summed E-state index contributed by atoms with van der Waals surface area (Å²) in [6.45, 7) is 7.25. The number of hydrogen-bond donors (Lipinski definition) is 2. The molecule has 0 aliphatic carbocycles. The molecule has 3 N–H and O–H groups in total. The van der Waals surface area contributed by atoms with Crippen molar-refractivity contribution in [1.82, 2.24) is 9.88 Å². The lowest BCUT2D eigenvalue weighted by molar-refractivity contribution is -0.136. The maximum atomic E-state index is 12.3. The maximum Gasteiger partial charge on any atom is 0.239 e. The first-order valence-electron chi connectivity index (χ1n) is 8.64. The number of nitrogens with zero attached hydrogens (tertiary/aromatic N) is 2. The third kappa shape index (κ3) is 7.09. The van der Waals surface area contributed by atoms with Gasteiger partial charge >= 0.3 is 0 Å². The number of aryl methyl sites for hydroxylation is 1. The number of pyridine rings is 1. The third-order valence-corrected chi connectivity index (χ3v) is 4.38.